The molecule has 0 fully saturated rings. The number of rotatable bonds is 6. The van der Waals surface area contributed by atoms with E-state index in [-0.39, 0.29) is 5.54 Å². The normalized spacial score (nSPS) is 12.7. The molecule has 0 amide bonds. The predicted octanol–water partition coefficient (Wildman–Crippen LogP) is 1.89. The Hall–Kier alpha value is -0.870. The fraction of sp³-hybridized carbons (Fsp3) is 0.769. The van der Waals surface area contributed by atoms with E-state index in [0.29, 0.717) is 6.04 Å². The van der Waals surface area contributed by atoms with Crippen LogP contribution in [-0.2, 0) is 6.54 Å². The molecule has 1 rings (SSSR count). The molecule has 0 aromatic carbocycles. The third-order valence-electron chi connectivity index (χ3n) is 3.38. The van der Waals surface area contributed by atoms with E-state index in [0.717, 1.165) is 13.1 Å². The smallest absolute Gasteiger partial charge is 0.0951 e. The van der Waals surface area contributed by atoms with Gasteiger partial charge in [0.15, 0.2) is 0 Å². The van der Waals surface area contributed by atoms with Gasteiger partial charge in [-0.2, -0.15) is 0 Å². The topological polar surface area (TPSA) is 33.1 Å². The van der Waals surface area contributed by atoms with Gasteiger partial charge in [0.1, 0.15) is 0 Å². The summed E-state index contributed by atoms with van der Waals surface area (Å²) in [7, 11) is 4.22. The lowest BCUT2D eigenvalue weighted by Crippen LogP contribution is -2.46. The van der Waals surface area contributed by atoms with Crippen molar-refractivity contribution >= 4 is 0 Å². The van der Waals surface area contributed by atoms with Crippen molar-refractivity contribution < 1.29 is 0 Å². The molecule has 1 aromatic rings. The summed E-state index contributed by atoms with van der Waals surface area (Å²) in [6, 6.07) is 0.469. The van der Waals surface area contributed by atoms with E-state index in [1.807, 2.05) is 12.5 Å². The second-order valence-corrected chi connectivity index (χ2v) is 5.70. The molecule has 0 spiro atoms. The number of aromatic nitrogens is 2. The Labute approximate surface area is 105 Å². The van der Waals surface area contributed by atoms with E-state index in [1.54, 1.807) is 0 Å². The third-order valence-corrected chi connectivity index (χ3v) is 3.38. The van der Waals surface area contributed by atoms with E-state index in [1.165, 1.54) is 5.69 Å². The van der Waals surface area contributed by atoms with E-state index in [4.69, 9.17) is 0 Å². The average Bonchev–Trinajstić information content (AvgIpc) is 2.65. The molecule has 1 N–H and O–H groups in total. The van der Waals surface area contributed by atoms with Crippen molar-refractivity contribution in [1.29, 1.82) is 0 Å². The first-order valence-corrected chi connectivity index (χ1v) is 6.23. The summed E-state index contributed by atoms with van der Waals surface area (Å²) < 4.78 is 2.20. The van der Waals surface area contributed by atoms with Crippen LogP contribution in [0.5, 0.6) is 0 Å². The van der Waals surface area contributed by atoms with Crippen molar-refractivity contribution in [1.82, 2.24) is 19.8 Å². The fourth-order valence-corrected chi connectivity index (χ4v) is 1.59. The number of nitrogens with one attached hydrogen (secondary N) is 1. The molecule has 0 atom stereocenters. The first-order valence-electron chi connectivity index (χ1n) is 6.23. The van der Waals surface area contributed by atoms with Crippen LogP contribution in [0.2, 0.25) is 0 Å². The zero-order valence-corrected chi connectivity index (χ0v) is 12.0. The van der Waals surface area contributed by atoms with Gasteiger partial charge in [-0.05, 0) is 41.8 Å². The highest BCUT2D eigenvalue weighted by molar-refractivity contribution is 4.99. The van der Waals surface area contributed by atoms with Crippen LogP contribution in [0.4, 0.5) is 0 Å². The second-order valence-electron chi connectivity index (χ2n) is 5.70. The second kappa shape index (κ2) is 5.65. The zero-order chi connectivity index (χ0) is 13.1. The van der Waals surface area contributed by atoms with E-state index in [9.17, 15) is 0 Å². The molecule has 17 heavy (non-hydrogen) atoms. The van der Waals surface area contributed by atoms with Gasteiger partial charge in [0, 0.05) is 30.9 Å². The molecule has 0 saturated heterocycles. The standard InChI is InChI=1S/C13H26N4/c1-11(2)17-10-15-8-12(17)7-14-9-13(3,4)16(5)6/h8,10-11,14H,7,9H2,1-6H3. The number of nitrogens with zero attached hydrogens (tertiary/aromatic N) is 3. The highest BCUT2D eigenvalue weighted by Gasteiger charge is 2.19. The van der Waals surface area contributed by atoms with Gasteiger partial charge in [0.2, 0.25) is 0 Å². The highest BCUT2D eigenvalue weighted by atomic mass is 15.2. The Bertz CT molecular complexity index is 339. The number of imidazole rings is 1. The summed E-state index contributed by atoms with van der Waals surface area (Å²) in [6.07, 6.45) is 3.84. The monoisotopic (exact) mass is 238 g/mol. The van der Waals surface area contributed by atoms with Crippen LogP contribution in [0.25, 0.3) is 0 Å². The maximum atomic E-state index is 4.21. The minimum atomic E-state index is 0.169. The molecule has 4 heteroatoms. The van der Waals surface area contributed by atoms with Gasteiger partial charge < -0.3 is 14.8 Å². The molecule has 98 valence electrons. The van der Waals surface area contributed by atoms with Gasteiger partial charge >= 0.3 is 0 Å². The summed E-state index contributed by atoms with van der Waals surface area (Å²) in [4.78, 5) is 6.44. The highest BCUT2D eigenvalue weighted by Crippen LogP contribution is 2.10. The lowest BCUT2D eigenvalue weighted by atomic mass is 10.0. The fourth-order valence-electron chi connectivity index (χ4n) is 1.59. The Morgan fingerprint density at radius 2 is 2.06 bits per heavy atom. The Morgan fingerprint density at radius 1 is 1.41 bits per heavy atom. The number of hydrogen-bond donors (Lipinski definition) is 1. The largest absolute Gasteiger partial charge is 0.331 e. The van der Waals surface area contributed by atoms with Crippen LogP contribution in [0.15, 0.2) is 12.5 Å². The molecular weight excluding hydrogens is 212 g/mol. The molecule has 0 saturated carbocycles. The SMILES string of the molecule is CC(C)n1cncc1CNCC(C)(C)N(C)C. The average molecular weight is 238 g/mol. The van der Waals surface area contributed by atoms with Gasteiger partial charge in [0.25, 0.3) is 0 Å². The third kappa shape index (κ3) is 3.82. The lowest BCUT2D eigenvalue weighted by molar-refractivity contribution is 0.189. The first-order chi connectivity index (χ1) is 7.84. The molecule has 1 heterocycles. The van der Waals surface area contributed by atoms with Crippen molar-refractivity contribution in [2.24, 2.45) is 0 Å². The predicted molar refractivity (Wildman–Crippen MR) is 72.1 cm³/mol. The van der Waals surface area contributed by atoms with Gasteiger partial charge in [-0.15, -0.1) is 0 Å². The molecule has 1 aromatic heterocycles. The van der Waals surface area contributed by atoms with Crippen LogP contribution in [-0.4, -0.2) is 40.6 Å². The van der Waals surface area contributed by atoms with Gasteiger partial charge in [-0.1, -0.05) is 0 Å². The van der Waals surface area contributed by atoms with Crippen LogP contribution < -0.4 is 5.32 Å². The molecule has 0 unspecified atom stereocenters. The van der Waals surface area contributed by atoms with E-state index in [2.05, 4.69) is 61.6 Å². The van der Waals surface area contributed by atoms with Gasteiger partial charge in [-0.25, -0.2) is 4.98 Å². The molecule has 0 aliphatic rings. The van der Waals surface area contributed by atoms with Gasteiger partial charge in [0.05, 0.1) is 12.0 Å². The summed E-state index contributed by atoms with van der Waals surface area (Å²) in [5, 5.41) is 3.50. The van der Waals surface area contributed by atoms with Crippen LogP contribution >= 0.6 is 0 Å². The molecular formula is C13H26N4. The summed E-state index contributed by atoms with van der Waals surface area (Å²) >= 11 is 0. The molecule has 0 radical (unpaired) electrons. The Balaban J connectivity index is 2.49. The minimum Gasteiger partial charge on any atom is -0.331 e. The van der Waals surface area contributed by atoms with Crippen LogP contribution in [0, 0.1) is 0 Å². The van der Waals surface area contributed by atoms with Crippen LogP contribution in [0.1, 0.15) is 39.4 Å². The van der Waals surface area contributed by atoms with E-state index < -0.39 is 0 Å². The van der Waals surface area contributed by atoms with Crippen molar-refractivity contribution in [3.63, 3.8) is 0 Å². The molecule has 0 aliphatic heterocycles. The molecule has 0 aliphatic carbocycles. The summed E-state index contributed by atoms with van der Waals surface area (Å²) in [5.74, 6) is 0. The summed E-state index contributed by atoms with van der Waals surface area (Å²) in [5.41, 5.74) is 1.41. The molecule has 4 nitrogen and oxygen atoms in total. The maximum Gasteiger partial charge on any atom is 0.0951 e. The van der Waals surface area contributed by atoms with Crippen molar-refractivity contribution in [3.8, 4) is 0 Å². The number of hydrogen-bond acceptors (Lipinski definition) is 3. The molecule has 0 bridgehead atoms. The van der Waals surface area contributed by atoms with Gasteiger partial charge in [-0.3, -0.25) is 0 Å². The lowest BCUT2D eigenvalue weighted by Gasteiger charge is -2.32. The maximum absolute atomic E-state index is 4.21. The summed E-state index contributed by atoms with van der Waals surface area (Å²) in [6.45, 7) is 10.7. The van der Waals surface area contributed by atoms with E-state index >= 15 is 0 Å². The Morgan fingerprint density at radius 3 is 2.59 bits per heavy atom. The first kappa shape index (κ1) is 14.2. The van der Waals surface area contributed by atoms with Crippen molar-refractivity contribution in [3.05, 3.63) is 18.2 Å². The van der Waals surface area contributed by atoms with Crippen molar-refractivity contribution in [2.75, 3.05) is 20.6 Å². The Kier molecular flexibility index (Phi) is 4.71. The van der Waals surface area contributed by atoms with Crippen molar-refractivity contribution in [2.45, 2.75) is 45.8 Å². The minimum absolute atomic E-state index is 0.169. The van der Waals surface area contributed by atoms with Crippen LogP contribution in [0.3, 0.4) is 0 Å². The zero-order valence-electron chi connectivity index (χ0n) is 12.0. The quantitative estimate of drug-likeness (QED) is 0.821. The number of likely N-dealkylation sites (N-methyl/N-ethyl adjacent to an activating group) is 1.